The number of nitrogens with one attached hydrogen (secondary N) is 1. The molecule has 2 atom stereocenters. The Morgan fingerprint density at radius 2 is 0.610 bits per heavy atom. The Balaban J connectivity index is 3.35. The third-order valence-electron chi connectivity index (χ3n) is 17.4. The largest absolute Gasteiger partial charge is 0.466 e. The van der Waals surface area contributed by atoms with Gasteiger partial charge in [0.1, 0.15) is 0 Å². The molecule has 0 aliphatic heterocycles. The second-order valence-electron chi connectivity index (χ2n) is 25.6. The van der Waals surface area contributed by atoms with Gasteiger partial charge in [-0.15, -0.1) is 0 Å². The fraction of sp³-hybridized carbons (Fsp3) is 0.895. The molecule has 2 unspecified atom stereocenters. The van der Waals surface area contributed by atoms with Gasteiger partial charge in [-0.05, 0) is 83.5 Å². The molecule has 0 fully saturated rings. The molecule has 0 saturated heterocycles. The van der Waals surface area contributed by atoms with Gasteiger partial charge in [0.15, 0.2) is 0 Å². The van der Waals surface area contributed by atoms with Crippen LogP contribution in [-0.2, 0) is 14.3 Å². The lowest BCUT2D eigenvalue weighted by molar-refractivity contribution is -0.143. The number of carbonyl (C=O) groups excluding carboxylic acids is 2. The molecule has 0 saturated carbocycles. The summed E-state index contributed by atoms with van der Waals surface area (Å²) in [5, 5.41) is 23.3. The van der Waals surface area contributed by atoms with Crippen molar-refractivity contribution >= 4 is 11.9 Å². The standard InChI is InChI=1S/C76H145NO5/c1-3-5-7-9-11-13-15-17-44-48-52-56-60-64-68-74(79)73(72-78)77-75(80)69-65-61-57-53-49-45-42-40-38-36-34-32-30-28-26-24-22-20-19-21-23-25-27-29-31-33-35-37-39-41-43-47-51-55-59-63-67-71-82-76(81)70-66-62-58-54-50-46-18-16-14-12-10-8-6-4-2/h16,18-19,21,25,27,73-74,78-79H,3-15,17,20,22-24,26,28-72H2,1-2H3,(H,77,80)/b18-16-,21-19-,27-25-. The number of hydrogen-bond acceptors (Lipinski definition) is 5. The van der Waals surface area contributed by atoms with Crippen molar-refractivity contribution < 1.29 is 24.5 Å². The molecule has 6 nitrogen and oxygen atoms in total. The number of allylic oxidation sites excluding steroid dienone is 6. The lowest BCUT2D eigenvalue weighted by Crippen LogP contribution is -2.45. The lowest BCUT2D eigenvalue weighted by atomic mass is 10.0. The fourth-order valence-electron chi connectivity index (χ4n) is 11.7. The van der Waals surface area contributed by atoms with Gasteiger partial charge in [-0.3, -0.25) is 9.59 Å². The van der Waals surface area contributed by atoms with E-state index in [-0.39, 0.29) is 18.5 Å². The van der Waals surface area contributed by atoms with Crippen LogP contribution in [0.5, 0.6) is 0 Å². The van der Waals surface area contributed by atoms with E-state index < -0.39 is 12.1 Å². The average Bonchev–Trinajstić information content (AvgIpc) is 3.48. The van der Waals surface area contributed by atoms with E-state index in [0.29, 0.717) is 25.9 Å². The molecular weight excluding hydrogens is 1010 g/mol. The molecule has 0 rings (SSSR count). The molecule has 0 radical (unpaired) electrons. The SMILES string of the molecule is CCCCCCC/C=C\CCCCCCCC(=O)OCCCCCCCCCCCCCCC/C=C\C/C=C\CCCCCCCCCCCCCCCCCCCC(=O)NC(CO)C(O)CCCCCCCCCCCCCCCC. The van der Waals surface area contributed by atoms with Crippen LogP contribution in [0, 0.1) is 0 Å². The molecule has 0 aliphatic carbocycles. The number of unbranched alkanes of at least 4 members (excludes halogenated alkanes) is 53. The molecule has 1 amide bonds. The topological polar surface area (TPSA) is 95.9 Å². The zero-order valence-electron chi connectivity index (χ0n) is 55.5. The van der Waals surface area contributed by atoms with E-state index in [2.05, 4.69) is 55.6 Å². The number of esters is 1. The lowest BCUT2D eigenvalue weighted by Gasteiger charge is -2.22. The van der Waals surface area contributed by atoms with Crippen LogP contribution in [0.2, 0.25) is 0 Å². The predicted octanol–water partition coefficient (Wildman–Crippen LogP) is 24.3. The third-order valence-corrected chi connectivity index (χ3v) is 17.4. The second-order valence-corrected chi connectivity index (χ2v) is 25.6. The zero-order valence-corrected chi connectivity index (χ0v) is 55.5. The van der Waals surface area contributed by atoms with Gasteiger partial charge in [0.05, 0.1) is 25.4 Å². The fourth-order valence-corrected chi connectivity index (χ4v) is 11.7. The minimum Gasteiger partial charge on any atom is -0.466 e. The van der Waals surface area contributed by atoms with Gasteiger partial charge in [0, 0.05) is 12.8 Å². The number of aliphatic hydroxyl groups excluding tert-OH is 2. The maximum atomic E-state index is 12.5. The van der Waals surface area contributed by atoms with Crippen molar-refractivity contribution in [1.29, 1.82) is 0 Å². The summed E-state index contributed by atoms with van der Waals surface area (Å²) in [6.45, 7) is 4.97. The molecular formula is C76H145NO5. The molecule has 484 valence electrons. The van der Waals surface area contributed by atoms with E-state index in [0.717, 1.165) is 51.4 Å². The number of rotatable bonds is 70. The normalized spacial score (nSPS) is 12.7. The molecule has 0 heterocycles. The van der Waals surface area contributed by atoms with Gasteiger partial charge in [-0.25, -0.2) is 0 Å². The van der Waals surface area contributed by atoms with Gasteiger partial charge in [-0.2, -0.15) is 0 Å². The summed E-state index contributed by atoms with van der Waals surface area (Å²) in [5.41, 5.74) is 0. The summed E-state index contributed by atoms with van der Waals surface area (Å²) >= 11 is 0. The highest BCUT2D eigenvalue weighted by Crippen LogP contribution is 2.19. The summed E-state index contributed by atoms with van der Waals surface area (Å²) in [4.78, 5) is 24.6. The van der Waals surface area contributed by atoms with Crippen LogP contribution in [-0.4, -0.2) is 47.4 Å². The van der Waals surface area contributed by atoms with E-state index in [1.54, 1.807) is 0 Å². The van der Waals surface area contributed by atoms with Crippen LogP contribution in [0.4, 0.5) is 0 Å². The van der Waals surface area contributed by atoms with Crippen molar-refractivity contribution in [2.75, 3.05) is 13.2 Å². The molecule has 3 N–H and O–H groups in total. The second kappa shape index (κ2) is 71.6. The van der Waals surface area contributed by atoms with E-state index in [9.17, 15) is 19.8 Å². The summed E-state index contributed by atoms with van der Waals surface area (Å²) in [6, 6.07) is -0.539. The first-order valence-corrected chi connectivity index (χ1v) is 37.2. The number of carbonyl (C=O) groups is 2. The number of amides is 1. The summed E-state index contributed by atoms with van der Waals surface area (Å²) in [5.74, 6) is -0.0192. The van der Waals surface area contributed by atoms with E-state index in [4.69, 9.17) is 4.74 Å². The molecule has 82 heavy (non-hydrogen) atoms. The quantitative estimate of drug-likeness (QED) is 0.0320. The number of hydrogen-bond donors (Lipinski definition) is 3. The summed E-state index contributed by atoms with van der Waals surface area (Å²) in [7, 11) is 0. The maximum Gasteiger partial charge on any atom is 0.305 e. The minimum atomic E-state index is -0.662. The minimum absolute atomic E-state index is 0.0106. The van der Waals surface area contributed by atoms with Crippen LogP contribution in [0.25, 0.3) is 0 Å². The summed E-state index contributed by atoms with van der Waals surface area (Å²) < 4.78 is 5.49. The summed E-state index contributed by atoms with van der Waals surface area (Å²) in [6.07, 6.45) is 92.2. The average molecular weight is 1150 g/mol. The van der Waals surface area contributed by atoms with Crippen LogP contribution in [0.15, 0.2) is 36.5 Å². The molecule has 6 heteroatoms. The van der Waals surface area contributed by atoms with Gasteiger partial charge in [0.25, 0.3) is 0 Å². The predicted molar refractivity (Wildman–Crippen MR) is 361 cm³/mol. The molecule has 0 aromatic rings. The molecule has 0 spiro atoms. The highest BCUT2D eigenvalue weighted by molar-refractivity contribution is 5.76. The Hall–Kier alpha value is -1.92. The van der Waals surface area contributed by atoms with Crippen molar-refractivity contribution in [3.05, 3.63) is 36.5 Å². The third kappa shape index (κ3) is 67.2. The van der Waals surface area contributed by atoms with E-state index in [1.807, 2.05) is 0 Å². The Labute approximate surface area is 513 Å². The smallest absolute Gasteiger partial charge is 0.305 e. The Kier molecular flexibility index (Phi) is 69.9. The highest BCUT2D eigenvalue weighted by Gasteiger charge is 2.20. The van der Waals surface area contributed by atoms with E-state index >= 15 is 0 Å². The van der Waals surface area contributed by atoms with Gasteiger partial charge in [-0.1, -0.05) is 352 Å². The van der Waals surface area contributed by atoms with Crippen LogP contribution in [0.1, 0.15) is 412 Å². The molecule has 0 bridgehead atoms. The van der Waals surface area contributed by atoms with Crippen LogP contribution in [0.3, 0.4) is 0 Å². The molecule has 0 aromatic carbocycles. The Bertz CT molecular complexity index is 1330. The highest BCUT2D eigenvalue weighted by atomic mass is 16.5. The number of ether oxygens (including phenoxy) is 1. The zero-order chi connectivity index (χ0) is 59.2. The van der Waals surface area contributed by atoms with Crippen molar-refractivity contribution in [2.24, 2.45) is 0 Å². The Morgan fingerprint density at radius 3 is 0.939 bits per heavy atom. The maximum absolute atomic E-state index is 12.5. The van der Waals surface area contributed by atoms with Crippen molar-refractivity contribution in [2.45, 2.75) is 424 Å². The molecule has 0 aromatic heterocycles. The van der Waals surface area contributed by atoms with Gasteiger partial charge >= 0.3 is 5.97 Å². The molecule has 0 aliphatic rings. The van der Waals surface area contributed by atoms with Gasteiger partial charge < -0.3 is 20.3 Å². The first kappa shape index (κ1) is 80.1. The Morgan fingerprint density at radius 1 is 0.341 bits per heavy atom. The number of aliphatic hydroxyl groups is 2. The van der Waals surface area contributed by atoms with Crippen molar-refractivity contribution in [1.82, 2.24) is 5.32 Å². The first-order valence-electron chi connectivity index (χ1n) is 37.2. The van der Waals surface area contributed by atoms with Crippen LogP contribution < -0.4 is 5.32 Å². The van der Waals surface area contributed by atoms with E-state index in [1.165, 1.54) is 327 Å². The van der Waals surface area contributed by atoms with Crippen LogP contribution >= 0.6 is 0 Å². The monoisotopic (exact) mass is 1150 g/mol. The van der Waals surface area contributed by atoms with Crippen molar-refractivity contribution in [3.63, 3.8) is 0 Å². The van der Waals surface area contributed by atoms with Gasteiger partial charge in [0.2, 0.25) is 5.91 Å². The van der Waals surface area contributed by atoms with Crippen molar-refractivity contribution in [3.8, 4) is 0 Å². The first-order chi connectivity index (χ1) is 40.5.